The van der Waals surface area contributed by atoms with Crippen LogP contribution in [0.1, 0.15) is 12.8 Å². The second-order valence-corrected chi connectivity index (χ2v) is 4.45. The molecule has 0 saturated heterocycles. The molecule has 2 aromatic heterocycles. The predicted molar refractivity (Wildman–Crippen MR) is 70.4 cm³/mol. The van der Waals surface area contributed by atoms with Crippen molar-refractivity contribution in [3.63, 3.8) is 0 Å². The number of fused-ring (bicyclic) bond motifs is 1. The molecule has 0 saturated carbocycles. The second kappa shape index (κ2) is 4.78. The molecule has 0 aliphatic carbocycles. The highest BCUT2D eigenvalue weighted by Gasteiger charge is 2.13. The second-order valence-electron chi connectivity index (χ2n) is 4.45. The van der Waals surface area contributed by atoms with E-state index in [0.717, 1.165) is 10.8 Å². The molecule has 1 atom stereocenters. The first-order valence-corrected chi connectivity index (χ1v) is 6.09. The molecule has 96 valence electrons. The third-order valence-electron chi connectivity index (χ3n) is 2.82. The van der Waals surface area contributed by atoms with Gasteiger partial charge in [0, 0.05) is 11.6 Å². The van der Waals surface area contributed by atoms with Crippen LogP contribution in [0.25, 0.3) is 22.3 Å². The Morgan fingerprint density at radius 2 is 2.11 bits per heavy atom. The van der Waals surface area contributed by atoms with Crippen molar-refractivity contribution < 1.29 is 9.63 Å². The predicted octanol–water partition coefficient (Wildman–Crippen LogP) is 2.21. The number of benzene rings is 1. The summed E-state index contributed by atoms with van der Waals surface area (Å²) in [7, 11) is 0. The number of pyridine rings is 1. The molecule has 5 heteroatoms. The molecule has 0 bridgehead atoms. The van der Waals surface area contributed by atoms with Crippen LogP contribution in [-0.2, 0) is 6.42 Å². The Kier molecular flexibility index (Phi) is 2.97. The Balaban J connectivity index is 2.06. The molecule has 1 aromatic carbocycles. The highest BCUT2D eigenvalue weighted by molar-refractivity contribution is 5.92. The minimum atomic E-state index is -0.506. The van der Waals surface area contributed by atoms with E-state index in [1.807, 2.05) is 30.3 Å². The first kappa shape index (κ1) is 11.8. The van der Waals surface area contributed by atoms with Gasteiger partial charge < -0.3 is 9.63 Å². The minimum absolute atomic E-state index is 0.345. The smallest absolute Gasteiger partial charge is 0.229 e. The molecular weight excluding hydrogens is 242 g/mol. The van der Waals surface area contributed by atoms with Gasteiger partial charge in [0.1, 0.15) is 5.69 Å². The fraction of sp³-hybridized carbons (Fsp3) is 0.214. The molecule has 0 aliphatic rings. The van der Waals surface area contributed by atoms with Crippen LogP contribution in [0, 0.1) is 0 Å². The number of nitrogens with zero attached hydrogens (tertiary/aromatic N) is 3. The lowest BCUT2D eigenvalue weighted by atomic mass is 10.1. The fourth-order valence-corrected chi connectivity index (χ4v) is 1.98. The number of aliphatic hydroxyl groups excluding tert-OH is 1. The lowest BCUT2D eigenvalue weighted by Crippen LogP contribution is -2.04. The zero-order valence-electron chi connectivity index (χ0n) is 10.4. The van der Waals surface area contributed by atoms with E-state index in [0.29, 0.717) is 23.8 Å². The van der Waals surface area contributed by atoms with E-state index < -0.39 is 6.10 Å². The monoisotopic (exact) mass is 255 g/mol. The van der Waals surface area contributed by atoms with Crippen LogP contribution in [0.4, 0.5) is 0 Å². The van der Waals surface area contributed by atoms with Gasteiger partial charge in [-0.1, -0.05) is 29.4 Å². The largest absolute Gasteiger partial charge is 0.393 e. The van der Waals surface area contributed by atoms with Crippen molar-refractivity contribution >= 4 is 10.8 Å². The third kappa shape index (κ3) is 2.32. The lowest BCUT2D eigenvalue weighted by Gasteiger charge is -2.00. The molecule has 1 N–H and O–H groups in total. The number of hydrogen-bond donors (Lipinski definition) is 1. The van der Waals surface area contributed by atoms with Gasteiger partial charge in [0.25, 0.3) is 0 Å². The van der Waals surface area contributed by atoms with Crippen molar-refractivity contribution in [2.45, 2.75) is 19.4 Å². The molecule has 2 heterocycles. The molecule has 0 fully saturated rings. The maximum atomic E-state index is 9.31. The summed E-state index contributed by atoms with van der Waals surface area (Å²) < 4.78 is 5.12. The molecule has 3 rings (SSSR count). The molecule has 0 aliphatic heterocycles. The molecular formula is C14H13N3O2. The average Bonchev–Trinajstić information content (AvgIpc) is 2.85. The third-order valence-corrected chi connectivity index (χ3v) is 2.82. The van der Waals surface area contributed by atoms with Gasteiger partial charge in [0.05, 0.1) is 12.5 Å². The zero-order valence-corrected chi connectivity index (χ0v) is 10.4. The number of aliphatic hydroxyl groups is 1. The van der Waals surface area contributed by atoms with E-state index in [9.17, 15) is 5.11 Å². The Morgan fingerprint density at radius 1 is 1.26 bits per heavy atom. The van der Waals surface area contributed by atoms with Gasteiger partial charge in [-0.05, 0) is 18.4 Å². The molecule has 0 amide bonds. The molecule has 1 unspecified atom stereocenters. The Morgan fingerprint density at radius 3 is 2.95 bits per heavy atom. The Hall–Kier alpha value is -2.27. The van der Waals surface area contributed by atoms with Crippen LogP contribution >= 0.6 is 0 Å². The van der Waals surface area contributed by atoms with Crippen molar-refractivity contribution in [3.8, 4) is 11.5 Å². The minimum Gasteiger partial charge on any atom is -0.393 e. The highest BCUT2D eigenvalue weighted by atomic mass is 16.5. The summed E-state index contributed by atoms with van der Waals surface area (Å²) in [6, 6.07) is 9.85. The van der Waals surface area contributed by atoms with E-state index in [2.05, 4.69) is 15.1 Å². The summed E-state index contributed by atoms with van der Waals surface area (Å²) in [5.74, 6) is 0.868. The fourth-order valence-electron chi connectivity index (χ4n) is 1.98. The maximum absolute atomic E-state index is 9.31. The SMILES string of the molecule is CC(O)Cc1nc(-c2nccc3ccccc23)no1. The van der Waals surface area contributed by atoms with Gasteiger partial charge >= 0.3 is 0 Å². The van der Waals surface area contributed by atoms with Gasteiger partial charge in [0.15, 0.2) is 0 Å². The van der Waals surface area contributed by atoms with Crippen molar-refractivity contribution in [3.05, 3.63) is 42.4 Å². The summed E-state index contributed by atoms with van der Waals surface area (Å²) >= 11 is 0. The molecule has 3 aromatic rings. The van der Waals surface area contributed by atoms with Gasteiger partial charge in [-0.2, -0.15) is 4.98 Å². The van der Waals surface area contributed by atoms with Gasteiger partial charge in [-0.15, -0.1) is 0 Å². The van der Waals surface area contributed by atoms with Crippen LogP contribution in [-0.4, -0.2) is 26.3 Å². The van der Waals surface area contributed by atoms with Crippen LogP contribution in [0.15, 0.2) is 41.1 Å². The van der Waals surface area contributed by atoms with Crippen molar-refractivity contribution in [2.75, 3.05) is 0 Å². The van der Waals surface area contributed by atoms with Crippen LogP contribution < -0.4 is 0 Å². The van der Waals surface area contributed by atoms with E-state index in [1.54, 1.807) is 13.1 Å². The van der Waals surface area contributed by atoms with E-state index in [1.165, 1.54) is 0 Å². The standard InChI is InChI=1S/C14H13N3O2/c1-9(18)8-12-16-14(17-19-12)13-11-5-3-2-4-10(11)6-7-15-13/h2-7,9,18H,8H2,1H3. The Labute approximate surface area is 109 Å². The number of rotatable bonds is 3. The number of aromatic nitrogens is 3. The topological polar surface area (TPSA) is 72.0 Å². The molecule has 5 nitrogen and oxygen atoms in total. The van der Waals surface area contributed by atoms with Crippen molar-refractivity contribution in [1.82, 2.24) is 15.1 Å². The van der Waals surface area contributed by atoms with Gasteiger partial charge in [0.2, 0.25) is 11.7 Å². The van der Waals surface area contributed by atoms with Crippen molar-refractivity contribution in [2.24, 2.45) is 0 Å². The normalized spacial score (nSPS) is 12.7. The number of hydrogen-bond acceptors (Lipinski definition) is 5. The lowest BCUT2D eigenvalue weighted by molar-refractivity contribution is 0.181. The summed E-state index contributed by atoms with van der Waals surface area (Å²) in [6.45, 7) is 1.68. The van der Waals surface area contributed by atoms with Crippen LogP contribution in [0.2, 0.25) is 0 Å². The van der Waals surface area contributed by atoms with Crippen LogP contribution in [0.5, 0.6) is 0 Å². The first-order valence-electron chi connectivity index (χ1n) is 6.09. The average molecular weight is 255 g/mol. The zero-order chi connectivity index (χ0) is 13.2. The molecule has 0 radical (unpaired) electrons. The van der Waals surface area contributed by atoms with Crippen molar-refractivity contribution in [1.29, 1.82) is 0 Å². The van der Waals surface area contributed by atoms with Crippen LogP contribution in [0.3, 0.4) is 0 Å². The maximum Gasteiger partial charge on any atom is 0.229 e. The highest BCUT2D eigenvalue weighted by Crippen LogP contribution is 2.24. The summed E-state index contributed by atoms with van der Waals surface area (Å²) in [5.41, 5.74) is 0.693. The van der Waals surface area contributed by atoms with E-state index in [-0.39, 0.29) is 0 Å². The molecule has 0 spiro atoms. The molecule has 19 heavy (non-hydrogen) atoms. The van der Waals surface area contributed by atoms with E-state index in [4.69, 9.17) is 4.52 Å². The quantitative estimate of drug-likeness (QED) is 0.776. The summed E-state index contributed by atoms with van der Waals surface area (Å²) in [6.07, 6.45) is 1.56. The van der Waals surface area contributed by atoms with Gasteiger partial charge in [-0.3, -0.25) is 4.98 Å². The first-order chi connectivity index (χ1) is 9.24. The van der Waals surface area contributed by atoms with E-state index >= 15 is 0 Å². The van der Waals surface area contributed by atoms with Gasteiger partial charge in [-0.25, -0.2) is 0 Å². The summed E-state index contributed by atoms with van der Waals surface area (Å²) in [5, 5.41) is 15.3. The summed E-state index contributed by atoms with van der Waals surface area (Å²) in [4.78, 5) is 8.59. The Bertz CT molecular complexity index is 701.